The zero-order valence-corrected chi connectivity index (χ0v) is 20.2. The number of hydrogen-bond donors (Lipinski definition) is 1. The van der Waals surface area contributed by atoms with E-state index in [1.165, 1.54) is 18.2 Å². The van der Waals surface area contributed by atoms with E-state index in [-0.39, 0.29) is 23.0 Å². The van der Waals surface area contributed by atoms with Crippen LogP contribution in [0.4, 0.5) is 22.0 Å². The Balaban J connectivity index is 1.53. The van der Waals surface area contributed by atoms with Crippen molar-refractivity contribution in [3.8, 4) is 29.1 Å². The first kappa shape index (κ1) is 27.3. The smallest absolute Gasteiger partial charge is 0.349 e. The Bertz CT molecular complexity index is 1470. The highest BCUT2D eigenvalue weighted by Gasteiger charge is 2.31. The molecule has 3 aromatic rings. The second kappa shape index (κ2) is 11.3. The van der Waals surface area contributed by atoms with E-state index in [0.717, 1.165) is 6.42 Å². The van der Waals surface area contributed by atoms with Crippen molar-refractivity contribution in [2.75, 3.05) is 13.2 Å². The molecule has 202 valence electrons. The van der Waals surface area contributed by atoms with Crippen LogP contribution in [0.1, 0.15) is 30.4 Å². The van der Waals surface area contributed by atoms with E-state index < -0.39 is 53.3 Å². The van der Waals surface area contributed by atoms with Crippen molar-refractivity contribution in [2.45, 2.75) is 19.3 Å². The topological polar surface area (TPSA) is 104 Å². The Morgan fingerprint density at radius 3 is 2.18 bits per heavy atom. The average molecular weight is 546 g/mol. The lowest BCUT2D eigenvalue weighted by molar-refractivity contribution is -0.136. The number of carbonyl (C=O) groups excluding carboxylic acids is 1. The Morgan fingerprint density at radius 2 is 1.56 bits per heavy atom. The predicted octanol–water partition coefficient (Wildman–Crippen LogP) is 5.37. The number of rotatable bonds is 8. The molecule has 39 heavy (non-hydrogen) atoms. The van der Waals surface area contributed by atoms with Gasteiger partial charge in [0.1, 0.15) is 28.9 Å². The predicted molar refractivity (Wildman–Crippen MR) is 125 cm³/mol. The molecular weight excluding hydrogens is 527 g/mol. The van der Waals surface area contributed by atoms with Gasteiger partial charge in [0.2, 0.25) is 35.0 Å². The number of fused-ring (bicyclic) bond motifs is 1. The molecule has 0 aliphatic carbocycles. The van der Waals surface area contributed by atoms with E-state index in [1.807, 2.05) is 13.0 Å². The fraction of sp³-hybridized carbons (Fsp3) is 0.185. The number of hydrogen-bond acceptors (Lipinski definition) is 7. The molecule has 0 saturated carbocycles. The molecule has 0 spiro atoms. The summed E-state index contributed by atoms with van der Waals surface area (Å²) in [5.74, 6) is -14.2. The highest BCUT2D eigenvalue weighted by atomic mass is 19.2. The molecule has 1 heterocycles. The molecule has 1 aliphatic heterocycles. The lowest BCUT2D eigenvalue weighted by atomic mass is 9.83. The molecular formula is C27H19F5N2O5. The quantitative estimate of drug-likeness (QED) is 0.133. The van der Waals surface area contributed by atoms with Gasteiger partial charge < -0.3 is 24.7 Å². The molecule has 1 unspecified atom stereocenters. The van der Waals surface area contributed by atoms with Crippen LogP contribution >= 0.6 is 0 Å². The number of nitrogens with two attached hydrogens (primary N) is 1. The van der Waals surface area contributed by atoms with Gasteiger partial charge in [0.25, 0.3) is 0 Å². The van der Waals surface area contributed by atoms with Crippen molar-refractivity contribution in [1.82, 2.24) is 0 Å². The molecule has 2 N–H and O–H groups in total. The van der Waals surface area contributed by atoms with Gasteiger partial charge in [-0.2, -0.15) is 14.0 Å². The van der Waals surface area contributed by atoms with Crippen LogP contribution < -0.4 is 24.7 Å². The van der Waals surface area contributed by atoms with Crippen LogP contribution in [0, 0.1) is 40.4 Å². The summed E-state index contributed by atoms with van der Waals surface area (Å²) in [6.07, 6.45) is 0.836. The molecule has 3 aromatic carbocycles. The second-order valence-corrected chi connectivity index (χ2v) is 8.20. The lowest BCUT2D eigenvalue weighted by Crippen LogP contribution is -2.22. The number of esters is 1. The normalized spacial score (nSPS) is 14.2. The number of carbonyl (C=O) groups is 1. The van der Waals surface area contributed by atoms with Crippen molar-refractivity contribution in [3.05, 3.63) is 94.1 Å². The van der Waals surface area contributed by atoms with Crippen molar-refractivity contribution in [2.24, 2.45) is 5.73 Å². The maximum absolute atomic E-state index is 13.8. The molecule has 0 amide bonds. The Morgan fingerprint density at radius 1 is 0.949 bits per heavy atom. The minimum absolute atomic E-state index is 0.102. The molecule has 1 atom stereocenters. The average Bonchev–Trinajstić information content (AvgIpc) is 2.93. The molecule has 7 nitrogen and oxygen atoms in total. The Kier molecular flexibility index (Phi) is 7.90. The third-order valence-electron chi connectivity index (χ3n) is 5.61. The van der Waals surface area contributed by atoms with Gasteiger partial charge in [0.15, 0.2) is 12.4 Å². The number of nitriles is 1. The fourth-order valence-corrected chi connectivity index (χ4v) is 3.82. The van der Waals surface area contributed by atoms with E-state index in [0.29, 0.717) is 23.5 Å². The summed E-state index contributed by atoms with van der Waals surface area (Å²) < 4.78 is 88.1. The maximum atomic E-state index is 13.8. The van der Waals surface area contributed by atoms with Crippen LogP contribution in [-0.2, 0) is 4.79 Å². The Labute approximate surface area is 218 Å². The van der Waals surface area contributed by atoms with Gasteiger partial charge in [-0.3, -0.25) is 0 Å². The zero-order chi connectivity index (χ0) is 28.3. The van der Waals surface area contributed by atoms with E-state index in [2.05, 4.69) is 4.74 Å². The Hall–Kier alpha value is -4.79. The molecule has 0 aromatic heterocycles. The van der Waals surface area contributed by atoms with E-state index in [1.54, 1.807) is 24.3 Å². The summed E-state index contributed by atoms with van der Waals surface area (Å²) in [5, 5.41) is 9.71. The summed E-state index contributed by atoms with van der Waals surface area (Å²) in [5.41, 5.74) is 7.38. The number of nitrogens with zero attached hydrogens (tertiary/aromatic N) is 1. The first-order chi connectivity index (χ1) is 18.7. The minimum atomic E-state index is -2.36. The molecule has 1 aliphatic rings. The van der Waals surface area contributed by atoms with Crippen LogP contribution in [0.3, 0.4) is 0 Å². The van der Waals surface area contributed by atoms with Crippen molar-refractivity contribution >= 4 is 5.97 Å². The standard InChI is InChI=1S/C27H19F5N2O5/c1-2-9-36-14-5-3-13(4-6-14)20-16-8-7-15(10-18(16)39-27(34)17(20)11-33)38-19(35)12-37-26-24(31)22(29)21(28)23(30)25(26)32/h3-8,10,20H,2,9,12,34H2,1H3. The zero-order valence-electron chi connectivity index (χ0n) is 20.2. The molecule has 0 saturated heterocycles. The number of ether oxygens (including phenoxy) is 4. The minimum Gasteiger partial charge on any atom is -0.494 e. The van der Waals surface area contributed by atoms with Gasteiger partial charge in [-0.05, 0) is 30.2 Å². The fourth-order valence-electron chi connectivity index (χ4n) is 3.82. The lowest BCUT2D eigenvalue weighted by Gasteiger charge is -2.26. The van der Waals surface area contributed by atoms with Gasteiger partial charge in [0.05, 0.1) is 12.5 Å². The highest BCUT2D eigenvalue weighted by Crippen LogP contribution is 2.43. The van der Waals surface area contributed by atoms with Gasteiger partial charge in [-0.1, -0.05) is 25.1 Å². The summed E-state index contributed by atoms with van der Waals surface area (Å²) in [7, 11) is 0. The van der Waals surface area contributed by atoms with Crippen molar-refractivity contribution in [1.29, 1.82) is 5.26 Å². The number of benzene rings is 3. The van der Waals surface area contributed by atoms with Gasteiger partial charge in [0, 0.05) is 11.6 Å². The summed E-state index contributed by atoms with van der Waals surface area (Å²) in [6.45, 7) is 1.35. The van der Waals surface area contributed by atoms with Gasteiger partial charge in [-0.25, -0.2) is 18.0 Å². The molecule has 0 fully saturated rings. The third kappa shape index (κ3) is 5.43. The first-order valence-electron chi connectivity index (χ1n) is 11.4. The van der Waals surface area contributed by atoms with E-state index in [9.17, 15) is 32.0 Å². The second-order valence-electron chi connectivity index (χ2n) is 8.20. The van der Waals surface area contributed by atoms with Gasteiger partial charge in [-0.15, -0.1) is 0 Å². The van der Waals surface area contributed by atoms with Crippen molar-refractivity contribution in [3.63, 3.8) is 0 Å². The largest absolute Gasteiger partial charge is 0.494 e. The summed E-state index contributed by atoms with van der Waals surface area (Å²) in [6, 6.07) is 13.3. The highest BCUT2D eigenvalue weighted by molar-refractivity contribution is 5.74. The third-order valence-corrected chi connectivity index (χ3v) is 5.61. The number of allylic oxidation sites excluding steroid dienone is 1. The van der Waals surface area contributed by atoms with Crippen LogP contribution in [0.15, 0.2) is 53.9 Å². The molecule has 4 rings (SSSR count). The number of halogens is 5. The van der Waals surface area contributed by atoms with Gasteiger partial charge >= 0.3 is 5.97 Å². The molecule has 12 heteroatoms. The SMILES string of the molecule is CCCOc1ccc(C2C(C#N)=C(N)Oc3cc(OC(=O)COc4c(F)c(F)c(F)c(F)c4F)ccc32)cc1. The maximum Gasteiger partial charge on any atom is 0.349 e. The van der Waals surface area contributed by atoms with Crippen LogP contribution in [0.2, 0.25) is 0 Å². The monoisotopic (exact) mass is 546 g/mol. The van der Waals surface area contributed by atoms with Crippen LogP contribution in [0.25, 0.3) is 0 Å². The van der Waals surface area contributed by atoms with Crippen LogP contribution in [-0.4, -0.2) is 19.2 Å². The van der Waals surface area contributed by atoms with Crippen molar-refractivity contribution < 1.29 is 45.7 Å². The van der Waals surface area contributed by atoms with Crippen LogP contribution in [0.5, 0.6) is 23.0 Å². The van der Waals surface area contributed by atoms with E-state index >= 15 is 0 Å². The first-order valence-corrected chi connectivity index (χ1v) is 11.4. The summed E-state index contributed by atoms with van der Waals surface area (Å²) >= 11 is 0. The molecule has 0 radical (unpaired) electrons. The van der Waals surface area contributed by atoms with E-state index in [4.69, 9.17) is 19.9 Å². The summed E-state index contributed by atoms with van der Waals surface area (Å²) in [4.78, 5) is 12.2. The molecule has 0 bridgehead atoms.